The van der Waals surface area contributed by atoms with Crippen molar-refractivity contribution in [3.63, 3.8) is 0 Å². The van der Waals surface area contributed by atoms with Crippen molar-refractivity contribution < 1.29 is 8.78 Å². The number of imidazole rings is 1. The quantitative estimate of drug-likeness (QED) is 0.423. The molecule has 3 nitrogen and oxygen atoms in total. The molecule has 4 rings (SSSR count). The molecule has 0 amide bonds. The summed E-state index contributed by atoms with van der Waals surface area (Å²) in [6.07, 6.45) is 2.51. The molecular formula is C23H18ClF2N3. The van der Waals surface area contributed by atoms with Crippen LogP contribution in [0.1, 0.15) is 17.1 Å². The lowest BCUT2D eigenvalue weighted by atomic mass is 10.1. The highest BCUT2D eigenvalue weighted by Crippen LogP contribution is 2.20. The van der Waals surface area contributed by atoms with Crippen LogP contribution in [-0.2, 0) is 13.0 Å². The summed E-state index contributed by atoms with van der Waals surface area (Å²) in [7, 11) is 0. The van der Waals surface area contributed by atoms with Gasteiger partial charge >= 0.3 is 0 Å². The number of hydrogen-bond acceptors (Lipinski definition) is 2. The van der Waals surface area contributed by atoms with Gasteiger partial charge in [-0.1, -0.05) is 23.7 Å². The largest absolute Gasteiger partial charge is 0.379 e. The van der Waals surface area contributed by atoms with E-state index in [-0.39, 0.29) is 11.6 Å². The highest BCUT2D eigenvalue weighted by atomic mass is 35.5. The van der Waals surface area contributed by atoms with E-state index in [1.165, 1.54) is 24.3 Å². The van der Waals surface area contributed by atoms with Crippen molar-refractivity contribution in [2.24, 2.45) is 0 Å². The summed E-state index contributed by atoms with van der Waals surface area (Å²) in [4.78, 5) is 4.76. The topological polar surface area (TPSA) is 29.9 Å². The van der Waals surface area contributed by atoms with Crippen LogP contribution in [0.3, 0.4) is 0 Å². The molecule has 0 radical (unpaired) electrons. The molecule has 3 aromatic carbocycles. The fourth-order valence-electron chi connectivity index (χ4n) is 3.05. The van der Waals surface area contributed by atoms with Gasteiger partial charge in [0.2, 0.25) is 0 Å². The number of hydrogen-bond donors (Lipinski definition) is 1. The normalized spacial score (nSPS) is 10.9. The lowest BCUT2D eigenvalue weighted by molar-refractivity contribution is 0.627. The number of benzene rings is 3. The third kappa shape index (κ3) is 4.81. The van der Waals surface area contributed by atoms with Crippen molar-refractivity contribution >= 4 is 17.3 Å². The molecule has 0 bridgehead atoms. The van der Waals surface area contributed by atoms with Crippen LogP contribution in [0.4, 0.5) is 14.5 Å². The van der Waals surface area contributed by atoms with E-state index in [0.717, 1.165) is 28.5 Å². The molecule has 4 aromatic rings. The molecule has 6 heteroatoms. The second-order valence-corrected chi connectivity index (χ2v) is 7.10. The predicted molar refractivity (Wildman–Crippen MR) is 112 cm³/mol. The van der Waals surface area contributed by atoms with Gasteiger partial charge in [0.05, 0.1) is 12.2 Å². The lowest BCUT2D eigenvalue weighted by Gasteiger charge is -2.08. The molecule has 0 spiro atoms. The molecule has 0 aliphatic heterocycles. The Labute approximate surface area is 172 Å². The van der Waals surface area contributed by atoms with Crippen LogP contribution in [0, 0.1) is 11.6 Å². The molecule has 0 atom stereocenters. The van der Waals surface area contributed by atoms with E-state index in [1.54, 1.807) is 24.3 Å². The zero-order chi connectivity index (χ0) is 20.2. The minimum Gasteiger partial charge on any atom is -0.379 e. The van der Waals surface area contributed by atoms with Gasteiger partial charge in [0, 0.05) is 29.0 Å². The van der Waals surface area contributed by atoms with E-state index in [1.807, 2.05) is 35.0 Å². The van der Waals surface area contributed by atoms with Crippen molar-refractivity contribution in [3.8, 4) is 5.69 Å². The van der Waals surface area contributed by atoms with Crippen LogP contribution >= 0.6 is 11.6 Å². The number of halogens is 3. The van der Waals surface area contributed by atoms with Gasteiger partial charge in [0.25, 0.3) is 0 Å². The fourth-order valence-corrected chi connectivity index (χ4v) is 3.18. The maximum atomic E-state index is 13.2. The fraction of sp³-hybridized carbons (Fsp3) is 0.0870. The van der Waals surface area contributed by atoms with Gasteiger partial charge in [0.1, 0.15) is 17.5 Å². The Morgan fingerprint density at radius 2 is 1.45 bits per heavy atom. The Balaban J connectivity index is 1.61. The predicted octanol–water partition coefficient (Wildman–Crippen LogP) is 6.01. The summed E-state index contributed by atoms with van der Waals surface area (Å²) in [5.41, 5.74) is 3.55. The van der Waals surface area contributed by atoms with Crippen LogP contribution in [0.25, 0.3) is 5.69 Å². The van der Waals surface area contributed by atoms with E-state index in [4.69, 9.17) is 16.6 Å². The minimum atomic E-state index is -0.274. The second-order valence-electron chi connectivity index (χ2n) is 6.66. The summed E-state index contributed by atoms with van der Waals surface area (Å²) in [5.74, 6) is 0.290. The maximum absolute atomic E-state index is 13.2. The molecule has 0 aliphatic carbocycles. The number of rotatable bonds is 6. The molecule has 1 aromatic heterocycles. The van der Waals surface area contributed by atoms with Gasteiger partial charge < -0.3 is 9.88 Å². The van der Waals surface area contributed by atoms with Crippen LogP contribution in [0.5, 0.6) is 0 Å². The second kappa shape index (κ2) is 8.45. The summed E-state index contributed by atoms with van der Waals surface area (Å²) in [5, 5.41) is 3.91. The first-order valence-electron chi connectivity index (χ1n) is 9.14. The summed E-state index contributed by atoms with van der Waals surface area (Å²) in [6, 6.07) is 20.1. The molecule has 29 heavy (non-hydrogen) atoms. The first-order valence-corrected chi connectivity index (χ1v) is 9.51. The highest BCUT2D eigenvalue weighted by Gasteiger charge is 2.11. The van der Waals surface area contributed by atoms with Gasteiger partial charge in [-0.3, -0.25) is 0 Å². The van der Waals surface area contributed by atoms with Gasteiger partial charge in [-0.25, -0.2) is 13.8 Å². The standard InChI is InChI=1S/C23H18ClF2N3/c24-17-3-11-22(12-4-17)29-15-21(14-27-20-9-7-19(26)8-10-20)28-23(29)13-16-1-5-18(25)6-2-16/h1-12,15,27H,13-14H2. The average Bonchev–Trinajstić information content (AvgIpc) is 3.12. The van der Waals surface area contributed by atoms with E-state index in [9.17, 15) is 8.78 Å². The Hall–Kier alpha value is -3.18. The van der Waals surface area contributed by atoms with Gasteiger partial charge in [-0.05, 0) is 66.2 Å². The van der Waals surface area contributed by atoms with Crippen molar-refractivity contribution in [2.45, 2.75) is 13.0 Å². The number of nitrogens with zero attached hydrogens (tertiary/aromatic N) is 2. The van der Waals surface area contributed by atoms with E-state index in [2.05, 4.69) is 5.32 Å². The number of anilines is 1. The van der Waals surface area contributed by atoms with Crippen LogP contribution in [-0.4, -0.2) is 9.55 Å². The molecule has 0 unspecified atom stereocenters. The third-order valence-corrected chi connectivity index (χ3v) is 4.78. The van der Waals surface area contributed by atoms with Crippen LogP contribution < -0.4 is 5.32 Å². The zero-order valence-corrected chi connectivity index (χ0v) is 16.2. The van der Waals surface area contributed by atoms with Crippen molar-refractivity contribution in [1.82, 2.24) is 9.55 Å². The maximum Gasteiger partial charge on any atom is 0.123 e. The molecule has 0 saturated heterocycles. The molecule has 146 valence electrons. The Bertz CT molecular complexity index is 1090. The monoisotopic (exact) mass is 409 g/mol. The van der Waals surface area contributed by atoms with E-state index >= 15 is 0 Å². The summed E-state index contributed by atoms with van der Waals surface area (Å²) < 4.78 is 28.3. The molecule has 0 aliphatic rings. The van der Waals surface area contributed by atoms with Gasteiger partial charge in [-0.2, -0.15) is 0 Å². The van der Waals surface area contributed by atoms with Crippen molar-refractivity contribution in [1.29, 1.82) is 0 Å². The molecule has 0 fully saturated rings. The zero-order valence-electron chi connectivity index (χ0n) is 15.4. The lowest BCUT2D eigenvalue weighted by Crippen LogP contribution is -2.01. The summed E-state index contributed by atoms with van der Waals surface area (Å²) >= 11 is 6.02. The number of aromatic nitrogens is 2. The minimum absolute atomic E-state index is 0.265. The first-order chi connectivity index (χ1) is 14.1. The SMILES string of the molecule is Fc1ccc(Cc2nc(CNc3ccc(F)cc3)cn2-c2ccc(Cl)cc2)cc1. The third-order valence-electron chi connectivity index (χ3n) is 4.53. The Kier molecular flexibility index (Phi) is 5.58. The Morgan fingerprint density at radius 1 is 0.828 bits per heavy atom. The Morgan fingerprint density at radius 3 is 2.10 bits per heavy atom. The molecule has 1 N–H and O–H groups in total. The molecule has 0 saturated carbocycles. The van der Waals surface area contributed by atoms with E-state index in [0.29, 0.717) is 18.0 Å². The smallest absolute Gasteiger partial charge is 0.123 e. The number of nitrogens with one attached hydrogen (secondary N) is 1. The highest BCUT2D eigenvalue weighted by molar-refractivity contribution is 6.30. The van der Waals surface area contributed by atoms with Gasteiger partial charge in [0.15, 0.2) is 0 Å². The molecular weight excluding hydrogens is 392 g/mol. The molecule has 1 heterocycles. The van der Waals surface area contributed by atoms with Gasteiger partial charge in [-0.15, -0.1) is 0 Å². The van der Waals surface area contributed by atoms with Crippen molar-refractivity contribution in [2.75, 3.05) is 5.32 Å². The van der Waals surface area contributed by atoms with Crippen LogP contribution in [0.2, 0.25) is 5.02 Å². The van der Waals surface area contributed by atoms with E-state index < -0.39 is 0 Å². The average molecular weight is 410 g/mol. The summed E-state index contributed by atoms with van der Waals surface area (Å²) in [6.45, 7) is 0.489. The van der Waals surface area contributed by atoms with Crippen molar-refractivity contribution in [3.05, 3.63) is 113 Å². The first kappa shape index (κ1) is 19.2. The van der Waals surface area contributed by atoms with Crippen LogP contribution in [0.15, 0.2) is 79.0 Å².